The van der Waals surface area contributed by atoms with E-state index < -0.39 is 0 Å². The highest BCUT2D eigenvalue weighted by molar-refractivity contribution is 5.90. The molecule has 6 heteroatoms. The molecule has 25 heavy (non-hydrogen) atoms. The fourth-order valence-corrected chi connectivity index (χ4v) is 4.00. The Kier molecular flexibility index (Phi) is 4.03. The summed E-state index contributed by atoms with van der Waals surface area (Å²) in [6, 6.07) is 9.70. The molecule has 0 unspecified atom stereocenters. The lowest BCUT2D eigenvalue weighted by molar-refractivity contribution is -0.128. The highest BCUT2D eigenvalue weighted by Gasteiger charge is 2.43. The molecule has 1 N–H and O–H groups in total. The quantitative estimate of drug-likeness (QED) is 0.923. The van der Waals surface area contributed by atoms with Crippen molar-refractivity contribution < 1.29 is 9.59 Å². The summed E-state index contributed by atoms with van der Waals surface area (Å²) in [5.41, 5.74) is 1.01. The van der Waals surface area contributed by atoms with Crippen molar-refractivity contribution in [2.45, 2.75) is 37.9 Å². The van der Waals surface area contributed by atoms with E-state index in [-0.39, 0.29) is 36.2 Å². The molecule has 0 saturated carbocycles. The molecule has 0 radical (unpaired) electrons. The van der Waals surface area contributed by atoms with E-state index in [1.807, 2.05) is 36.5 Å². The Morgan fingerprint density at radius 2 is 2.08 bits per heavy atom. The normalized spacial score (nSPS) is 25.7. The van der Waals surface area contributed by atoms with Gasteiger partial charge in [-0.25, -0.2) is 4.98 Å². The maximum atomic E-state index is 12.9. The average Bonchev–Trinajstić information content (AvgIpc) is 3.20. The summed E-state index contributed by atoms with van der Waals surface area (Å²) in [6.45, 7) is 0.744. The van der Waals surface area contributed by atoms with Gasteiger partial charge in [0.05, 0.1) is 12.0 Å². The third-order valence-electron chi connectivity index (χ3n) is 5.35. The van der Waals surface area contributed by atoms with Gasteiger partial charge in [0, 0.05) is 44.9 Å². The molecule has 0 aliphatic carbocycles. The minimum absolute atomic E-state index is 0.0227. The summed E-state index contributed by atoms with van der Waals surface area (Å²) >= 11 is 0. The van der Waals surface area contributed by atoms with Crippen molar-refractivity contribution >= 4 is 11.8 Å². The molecule has 3 atom stereocenters. The molecule has 1 fully saturated rings. The van der Waals surface area contributed by atoms with Crippen molar-refractivity contribution in [3.8, 4) is 0 Å². The van der Waals surface area contributed by atoms with Crippen molar-refractivity contribution in [3.05, 3.63) is 54.1 Å². The summed E-state index contributed by atoms with van der Waals surface area (Å²) < 4.78 is 2.09. The van der Waals surface area contributed by atoms with Gasteiger partial charge < -0.3 is 14.8 Å². The number of benzene rings is 1. The van der Waals surface area contributed by atoms with Gasteiger partial charge in [-0.2, -0.15) is 0 Å². The monoisotopic (exact) mass is 338 g/mol. The maximum absolute atomic E-state index is 12.9. The molecule has 0 bridgehead atoms. The summed E-state index contributed by atoms with van der Waals surface area (Å²) in [5, 5.41) is 3.17. The molecule has 1 aromatic carbocycles. The summed E-state index contributed by atoms with van der Waals surface area (Å²) in [7, 11) is 1.78. The largest absolute Gasteiger partial charge is 0.351 e. The van der Waals surface area contributed by atoms with Crippen LogP contribution in [-0.2, 0) is 22.6 Å². The first-order valence-electron chi connectivity index (χ1n) is 8.74. The number of hydrogen-bond acceptors (Lipinski definition) is 3. The molecule has 3 heterocycles. The molecular formula is C19H22N4O2. The number of aryl methyl sites for hydroxylation is 1. The van der Waals surface area contributed by atoms with Gasteiger partial charge in [0.2, 0.25) is 11.8 Å². The Morgan fingerprint density at radius 3 is 2.88 bits per heavy atom. The van der Waals surface area contributed by atoms with Crippen LogP contribution in [0.4, 0.5) is 0 Å². The standard InChI is InChI=1S/C19H22N4O2/c1-22-17(24)11-15(18(22)13-5-3-2-4-6-13)19(25)21-14-7-8-16-20-9-10-23(16)12-14/h2-6,9-10,14-15,18H,7-8,11-12H2,1H3,(H,21,25)/t14-,15-,18+/m0/s1. The average molecular weight is 338 g/mol. The van der Waals surface area contributed by atoms with Crippen LogP contribution in [0.25, 0.3) is 0 Å². The number of aromatic nitrogens is 2. The van der Waals surface area contributed by atoms with Gasteiger partial charge >= 0.3 is 0 Å². The van der Waals surface area contributed by atoms with Gasteiger partial charge in [0.15, 0.2) is 0 Å². The van der Waals surface area contributed by atoms with Crippen LogP contribution in [0, 0.1) is 5.92 Å². The van der Waals surface area contributed by atoms with Crippen LogP contribution in [0.2, 0.25) is 0 Å². The highest BCUT2D eigenvalue weighted by Crippen LogP contribution is 2.37. The Bertz CT molecular complexity index is 786. The molecule has 1 saturated heterocycles. The number of nitrogens with zero attached hydrogens (tertiary/aromatic N) is 3. The molecule has 2 aromatic rings. The molecule has 1 aromatic heterocycles. The minimum Gasteiger partial charge on any atom is -0.351 e. The number of nitrogens with one attached hydrogen (secondary N) is 1. The van der Waals surface area contributed by atoms with Crippen LogP contribution in [0.3, 0.4) is 0 Å². The molecule has 0 spiro atoms. The second-order valence-electron chi connectivity index (χ2n) is 6.91. The zero-order valence-corrected chi connectivity index (χ0v) is 14.3. The Hall–Kier alpha value is -2.63. The zero-order chi connectivity index (χ0) is 17.4. The van der Waals surface area contributed by atoms with Crippen molar-refractivity contribution in [2.24, 2.45) is 5.92 Å². The molecular weight excluding hydrogens is 316 g/mol. The Balaban J connectivity index is 1.50. The number of imidazole rings is 1. The SMILES string of the molecule is CN1C(=O)C[C@H](C(=O)N[C@H]2CCc3nccn3C2)[C@H]1c1ccccc1. The second-order valence-corrected chi connectivity index (χ2v) is 6.91. The van der Waals surface area contributed by atoms with Crippen LogP contribution in [0.15, 0.2) is 42.7 Å². The number of fused-ring (bicyclic) bond motifs is 1. The van der Waals surface area contributed by atoms with E-state index >= 15 is 0 Å². The summed E-state index contributed by atoms with van der Waals surface area (Å²) in [5.74, 6) is 0.724. The molecule has 2 aliphatic heterocycles. The lowest BCUT2D eigenvalue weighted by Crippen LogP contribution is -2.44. The smallest absolute Gasteiger partial charge is 0.226 e. The van der Waals surface area contributed by atoms with Gasteiger partial charge in [-0.15, -0.1) is 0 Å². The number of carbonyl (C=O) groups excluding carboxylic acids is 2. The van der Waals surface area contributed by atoms with Crippen molar-refractivity contribution in [2.75, 3.05) is 7.05 Å². The zero-order valence-electron chi connectivity index (χ0n) is 14.3. The number of carbonyl (C=O) groups is 2. The summed E-state index contributed by atoms with van der Waals surface area (Å²) in [6.07, 6.45) is 5.77. The van der Waals surface area contributed by atoms with Crippen LogP contribution < -0.4 is 5.32 Å². The predicted octanol–water partition coefficient (Wildman–Crippen LogP) is 1.53. The van der Waals surface area contributed by atoms with Crippen molar-refractivity contribution in [1.82, 2.24) is 19.8 Å². The first-order chi connectivity index (χ1) is 12.1. The van der Waals surface area contributed by atoms with Crippen LogP contribution in [0.1, 0.15) is 30.3 Å². The van der Waals surface area contributed by atoms with Gasteiger partial charge in [0.1, 0.15) is 5.82 Å². The van der Waals surface area contributed by atoms with E-state index in [0.717, 1.165) is 30.8 Å². The molecule has 2 aliphatic rings. The Labute approximate surface area is 146 Å². The molecule has 4 rings (SSSR count). The van der Waals surface area contributed by atoms with Crippen LogP contribution in [0.5, 0.6) is 0 Å². The van der Waals surface area contributed by atoms with Gasteiger partial charge in [0.25, 0.3) is 0 Å². The van der Waals surface area contributed by atoms with Crippen molar-refractivity contribution in [1.29, 1.82) is 0 Å². The third kappa shape index (κ3) is 2.92. The molecule has 6 nitrogen and oxygen atoms in total. The first-order valence-corrected chi connectivity index (χ1v) is 8.74. The van der Waals surface area contributed by atoms with E-state index in [0.29, 0.717) is 0 Å². The van der Waals surface area contributed by atoms with Crippen LogP contribution in [-0.4, -0.2) is 39.4 Å². The van der Waals surface area contributed by atoms with E-state index in [1.54, 1.807) is 18.1 Å². The number of hydrogen-bond donors (Lipinski definition) is 1. The number of amides is 2. The molecule has 2 amide bonds. The van der Waals surface area contributed by atoms with Gasteiger partial charge in [-0.05, 0) is 12.0 Å². The van der Waals surface area contributed by atoms with E-state index in [9.17, 15) is 9.59 Å². The lowest BCUT2D eigenvalue weighted by Gasteiger charge is -2.28. The predicted molar refractivity (Wildman–Crippen MR) is 92.5 cm³/mol. The highest BCUT2D eigenvalue weighted by atomic mass is 16.2. The topological polar surface area (TPSA) is 67.2 Å². The molecule has 130 valence electrons. The maximum Gasteiger partial charge on any atom is 0.226 e. The third-order valence-corrected chi connectivity index (χ3v) is 5.35. The second kappa shape index (κ2) is 6.35. The lowest BCUT2D eigenvalue weighted by atomic mass is 9.92. The Morgan fingerprint density at radius 1 is 1.28 bits per heavy atom. The van der Waals surface area contributed by atoms with Crippen molar-refractivity contribution in [3.63, 3.8) is 0 Å². The van der Waals surface area contributed by atoms with E-state index in [2.05, 4.69) is 14.9 Å². The van der Waals surface area contributed by atoms with E-state index in [4.69, 9.17) is 0 Å². The van der Waals surface area contributed by atoms with E-state index in [1.165, 1.54) is 0 Å². The fraction of sp³-hybridized carbons (Fsp3) is 0.421. The summed E-state index contributed by atoms with van der Waals surface area (Å²) in [4.78, 5) is 31.2. The van der Waals surface area contributed by atoms with Crippen LogP contribution >= 0.6 is 0 Å². The number of rotatable bonds is 3. The first kappa shape index (κ1) is 15.9. The minimum atomic E-state index is -0.343. The van der Waals surface area contributed by atoms with Gasteiger partial charge in [-0.3, -0.25) is 9.59 Å². The fourth-order valence-electron chi connectivity index (χ4n) is 4.00. The van der Waals surface area contributed by atoms with Gasteiger partial charge in [-0.1, -0.05) is 30.3 Å². The number of likely N-dealkylation sites (tertiary alicyclic amines) is 1.